The van der Waals surface area contributed by atoms with E-state index < -0.39 is 6.17 Å². The largest absolute Gasteiger partial charge is 0.298 e. The Morgan fingerprint density at radius 3 is 1.86 bits per heavy atom. The first kappa shape index (κ1) is 16.0. The zero-order chi connectivity index (χ0) is 11.7. The van der Waals surface area contributed by atoms with Crippen LogP contribution in [0.15, 0.2) is 0 Å². The summed E-state index contributed by atoms with van der Waals surface area (Å²) in [5.74, 6) is 0.0719. The summed E-state index contributed by atoms with van der Waals surface area (Å²) in [7, 11) is 1.78. The molecule has 3 heteroatoms. The second kappa shape index (κ2) is 9.13. The Morgan fingerprint density at radius 1 is 1.29 bits per heavy atom. The van der Waals surface area contributed by atoms with Crippen molar-refractivity contribution in [1.82, 2.24) is 4.90 Å². The maximum Gasteiger partial charge on any atom is 0.146 e. The smallest absolute Gasteiger partial charge is 0.146 e. The molecule has 0 aromatic heterocycles. The molecule has 0 spiro atoms. The first-order valence-corrected chi connectivity index (χ1v) is 5.46. The minimum Gasteiger partial charge on any atom is -0.298 e. The Labute approximate surface area is 87.5 Å². The van der Waals surface area contributed by atoms with Crippen LogP contribution in [0.1, 0.15) is 41.0 Å². The number of alkyl halides is 1. The Kier molecular flexibility index (Phi) is 10.4. The van der Waals surface area contributed by atoms with Crippen molar-refractivity contribution < 1.29 is 9.18 Å². The van der Waals surface area contributed by atoms with Gasteiger partial charge < -0.3 is 0 Å². The highest BCUT2D eigenvalue weighted by atomic mass is 19.1. The van der Waals surface area contributed by atoms with Gasteiger partial charge in [0.25, 0.3) is 0 Å². The highest BCUT2D eigenvalue weighted by Crippen LogP contribution is 2.18. The van der Waals surface area contributed by atoms with Crippen LogP contribution in [-0.4, -0.2) is 36.5 Å². The molecule has 1 aliphatic rings. The van der Waals surface area contributed by atoms with Crippen LogP contribution in [0.4, 0.5) is 4.39 Å². The number of carbonyl (C=O) groups is 1. The normalized spacial score (nSPS) is 25.6. The number of Topliss-reactive ketones (excluding diaryl/α,β-unsaturated/α-hetero) is 1. The third-order valence-electron chi connectivity index (χ3n) is 1.97. The Hall–Kier alpha value is -0.440. The maximum atomic E-state index is 12.6. The molecule has 0 aliphatic carbocycles. The van der Waals surface area contributed by atoms with Crippen LogP contribution in [0, 0.1) is 0 Å². The summed E-state index contributed by atoms with van der Waals surface area (Å²) in [4.78, 5) is 12.6. The van der Waals surface area contributed by atoms with Gasteiger partial charge in [0.2, 0.25) is 0 Å². The highest BCUT2D eigenvalue weighted by Gasteiger charge is 2.31. The summed E-state index contributed by atoms with van der Waals surface area (Å²) < 4.78 is 12.6. The third kappa shape index (κ3) is 5.32. The van der Waals surface area contributed by atoms with Crippen LogP contribution >= 0.6 is 0 Å². The van der Waals surface area contributed by atoms with Gasteiger partial charge in [0.15, 0.2) is 0 Å². The fourth-order valence-corrected chi connectivity index (χ4v) is 1.41. The summed E-state index contributed by atoms with van der Waals surface area (Å²) >= 11 is 0. The predicted octanol–water partition coefficient (Wildman–Crippen LogP) is 2.67. The summed E-state index contributed by atoms with van der Waals surface area (Å²) in [5, 5.41) is 0. The van der Waals surface area contributed by atoms with E-state index in [0.29, 0.717) is 13.0 Å². The van der Waals surface area contributed by atoms with Crippen LogP contribution in [0.5, 0.6) is 0 Å². The zero-order valence-corrected chi connectivity index (χ0v) is 10.3. The number of rotatable bonds is 1. The number of ketones is 1. The summed E-state index contributed by atoms with van der Waals surface area (Å²) in [5.41, 5.74) is 0. The monoisotopic (exact) mass is 205 g/mol. The van der Waals surface area contributed by atoms with Crippen LogP contribution < -0.4 is 0 Å². The molecule has 1 saturated heterocycles. The Balaban J connectivity index is 0. The van der Waals surface area contributed by atoms with Crippen molar-refractivity contribution in [3.63, 3.8) is 0 Å². The average Bonchev–Trinajstić information content (AvgIpc) is 2.52. The van der Waals surface area contributed by atoms with Gasteiger partial charge in [-0.2, -0.15) is 0 Å². The van der Waals surface area contributed by atoms with Crippen molar-refractivity contribution in [3.8, 4) is 0 Å². The standard InChI is InChI=1S/C7H12FNO.2C2H6/c1-5(10)7-3-6(8)4-9(7)2;2*1-2/h6-7H,3-4H2,1-2H3;2*1-2H3. The molecular weight excluding hydrogens is 181 g/mol. The van der Waals surface area contributed by atoms with Crippen LogP contribution in [0.3, 0.4) is 0 Å². The van der Waals surface area contributed by atoms with Crippen LogP contribution in [0.2, 0.25) is 0 Å². The molecule has 2 nitrogen and oxygen atoms in total. The summed E-state index contributed by atoms with van der Waals surface area (Å²) in [6.45, 7) is 9.92. The molecule has 2 unspecified atom stereocenters. The van der Waals surface area contributed by atoms with E-state index >= 15 is 0 Å². The fourth-order valence-electron chi connectivity index (χ4n) is 1.41. The second-order valence-electron chi connectivity index (χ2n) is 2.90. The molecule has 0 radical (unpaired) electrons. The minimum absolute atomic E-state index is 0.0719. The quantitative estimate of drug-likeness (QED) is 0.656. The zero-order valence-electron chi connectivity index (χ0n) is 10.3. The van der Waals surface area contributed by atoms with Gasteiger partial charge in [-0.1, -0.05) is 27.7 Å². The van der Waals surface area contributed by atoms with Crippen molar-refractivity contribution in [3.05, 3.63) is 0 Å². The number of nitrogens with zero attached hydrogens (tertiary/aromatic N) is 1. The van der Waals surface area contributed by atoms with E-state index in [1.54, 1.807) is 11.9 Å². The van der Waals surface area contributed by atoms with E-state index in [-0.39, 0.29) is 11.8 Å². The highest BCUT2D eigenvalue weighted by molar-refractivity contribution is 5.81. The summed E-state index contributed by atoms with van der Waals surface area (Å²) in [6.07, 6.45) is -0.426. The molecule has 2 atom stereocenters. The van der Waals surface area contributed by atoms with Crippen LogP contribution in [-0.2, 0) is 4.79 Å². The van der Waals surface area contributed by atoms with E-state index in [2.05, 4.69) is 0 Å². The molecule has 14 heavy (non-hydrogen) atoms. The molecule has 0 bridgehead atoms. The van der Waals surface area contributed by atoms with Gasteiger partial charge in [-0.05, 0) is 14.0 Å². The maximum absolute atomic E-state index is 12.6. The van der Waals surface area contributed by atoms with Crippen molar-refractivity contribution in [2.45, 2.75) is 53.3 Å². The Morgan fingerprint density at radius 2 is 1.71 bits per heavy atom. The van der Waals surface area contributed by atoms with Gasteiger partial charge in [0, 0.05) is 13.0 Å². The Bertz CT molecular complexity index is 150. The van der Waals surface area contributed by atoms with Crippen molar-refractivity contribution in [2.75, 3.05) is 13.6 Å². The molecule has 1 rings (SSSR count). The molecule has 0 N–H and O–H groups in total. The topological polar surface area (TPSA) is 20.3 Å². The number of likely N-dealkylation sites (N-methyl/N-ethyl adjacent to an activating group) is 1. The fraction of sp³-hybridized carbons (Fsp3) is 0.909. The molecular formula is C11H24FNO. The number of likely N-dealkylation sites (tertiary alicyclic amines) is 1. The van der Waals surface area contributed by atoms with E-state index in [4.69, 9.17) is 0 Å². The molecule has 0 aromatic rings. The van der Waals surface area contributed by atoms with Gasteiger partial charge in [0.1, 0.15) is 12.0 Å². The predicted molar refractivity (Wildman–Crippen MR) is 59.3 cm³/mol. The van der Waals surface area contributed by atoms with Crippen molar-refractivity contribution >= 4 is 5.78 Å². The van der Waals surface area contributed by atoms with E-state index in [9.17, 15) is 9.18 Å². The number of carbonyl (C=O) groups excluding carboxylic acids is 1. The molecule has 1 fully saturated rings. The minimum atomic E-state index is -0.807. The van der Waals surface area contributed by atoms with Gasteiger partial charge in [-0.25, -0.2) is 4.39 Å². The van der Waals surface area contributed by atoms with E-state index in [0.717, 1.165) is 0 Å². The van der Waals surface area contributed by atoms with Crippen molar-refractivity contribution in [1.29, 1.82) is 0 Å². The van der Waals surface area contributed by atoms with E-state index in [1.807, 2.05) is 27.7 Å². The van der Waals surface area contributed by atoms with Gasteiger partial charge in [-0.3, -0.25) is 9.69 Å². The molecule has 1 aliphatic heterocycles. The SMILES string of the molecule is CC.CC.CC(=O)C1CC(F)CN1C. The molecule has 0 amide bonds. The first-order valence-electron chi connectivity index (χ1n) is 5.46. The van der Waals surface area contributed by atoms with Gasteiger partial charge >= 0.3 is 0 Å². The summed E-state index contributed by atoms with van der Waals surface area (Å²) in [6, 6.07) is -0.171. The number of hydrogen-bond donors (Lipinski definition) is 0. The lowest BCUT2D eigenvalue weighted by atomic mass is 10.1. The lowest BCUT2D eigenvalue weighted by molar-refractivity contribution is -0.120. The third-order valence-corrected chi connectivity index (χ3v) is 1.97. The van der Waals surface area contributed by atoms with E-state index in [1.165, 1.54) is 6.92 Å². The molecule has 1 heterocycles. The lowest BCUT2D eigenvalue weighted by Gasteiger charge is -2.14. The lowest BCUT2D eigenvalue weighted by Crippen LogP contribution is -2.30. The number of hydrogen-bond acceptors (Lipinski definition) is 2. The second-order valence-corrected chi connectivity index (χ2v) is 2.90. The van der Waals surface area contributed by atoms with Crippen LogP contribution in [0.25, 0.3) is 0 Å². The molecule has 86 valence electrons. The molecule has 0 aromatic carbocycles. The van der Waals surface area contributed by atoms with Crippen molar-refractivity contribution in [2.24, 2.45) is 0 Å². The average molecular weight is 205 g/mol. The first-order chi connectivity index (χ1) is 6.61. The van der Waals surface area contributed by atoms with Gasteiger partial charge in [0.05, 0.1) is 6.04 Å². The van der Waals surface area contributed by atoms with Gasteiger partial charge in [-0.15, -0.1) is 0 Å². The molecule has 0 saturated carbocycles. The number of halogens is 1.